The van der Waals surface area contributed by atoms with Crippen molar-refractivity contribution in [2.24, 2.45) is 7.05 Å². The molecule has 3 aromatic heterocycles. The third kappa shape index (κ3) is 2.62. The molecule has 0 saturated heterocycles. The van der Waals surface area contributed by atoms with E-state index in [1.165, 1.54) is 10.9 Å². The van der Waals surface area contributed by atoms with Crippen LogP contribution in [-0.4, -0.2) is 23.7 Å². The molecule has 24 heavy (non-hydrogen) atoms. The summed E-state index contributed by atoms with van der Waals surface area (Å²) >= 11 is 0. The average Bonchev–Trinajstić information content (AvgIpc) is 3.28. The summed E-state index contributed by atoms with van der Waals surface area (Å²) < 4.78 is 6.53. The van der Waals surface area contributed by atoms with Crippen LogP contribution < -0.4 is 0 Å². The number of imidazole rings is 2. The monoisotopic (exact) mass is 319 g/mol. The van der Waals surface area contributed by atoms with E-state index in [1.807, 2.05) is 37.1 Å². The topological polar surface area (TPSA) is 40.6 Å². The first-order valence-corrected chi connectivity index (χ1v) is 8.28. The van der Waals surface area contributed by atoms with E-state index < -0.39 is 0 Å². The Morgan fingerprint density at radius 1 is 1.00 bits per heavy atom. The molecule has 0 aliphatic carbocycles. The highest BCUT2D eigenvalue weighted by Crippen LogP contribution is 2.18. The second-order valence-electron chi connectivity index (χ2n) is 6.15. The fourth-order valence-corrected chi connectivity index (χ4v) is 3.14. The van der Waals surface area contributed by atoms with Crippen molar-refractivity contribution in [1.29, 1.82) is 0 Å². The van der Waals surface area contributed by atoms with Gasteiger partial charge in [0.1, 0.15) is 11.5 Å². The molecule has 0 fully saturated rings. The Bertz CT molecular complexity index is 953. The summed E-state index contributed by atoms with van der Waals surface area (Å²) in [4.78, 5) is 9.07. The average molecular weight is 319 g/mol. The first-order chi connectivity index (χ1) is 11.7. The SMILES string of the molecule is Cc1nc(-c2nccn2CCCn2ccc3ccccc32)cn1C. The summed E-state index contributed by atoms with van der Waals surface area (Å²) in [6, 6.07) is 10.7. The van der Waals surface area contributed by atoms with Gasteiger partial charge in [-0.2, -0.15) is 0 Å². The van der Waals surface area contributed by atoms with Gasteiger partial charge in [0.15, 0.2) is 5.82 Å². The molecule has 0 amide bonds. The lowest BCUT2D eigenvalue weighted by Gasteiger charge is -2.08. The number of hydrogen-bond acceptors (Lipinski definition) is 2. The number of benzene rings is 1. The minimum absolute atomic E-state index is 0.928. The molecule has 5 heteroatoms. The zero-order valence-corrected chi connectivity index (χ0v) is 14.1. The minimum Gasteiger partial charge on any atom is -0.347 e. The quantitative estimate of drug-likeness (QED) is 0.563. The molecule has 0 spiro atoms. The second kappa shape index (κ2) is 6.00. The Morgan fingerprint density at radius 3 is 2.67 bits per heavy atom. The second-order valence-corrected chi connectivity index (χ2v) is 6.15. The van der Waals surface area contributed by atoms with Gasteiger partial charge in [-0.25, -0.2) is 9.97 Å². The van der Waals surface area contributed by atoms with Crippen molar-refractivity contribution in [2.75, 3.05) is 0 Å². The molecule has 0 unspecified atom stereocenters. The van der Waals surface area contributed by atoms with E-state index in [0.29, 0.717) is 0 Å². The lowest BCUT2D eigenvalue weighted by Crippen LogP contribution is -2.04. The number of aromatic nitrogens is 5. The van der Waals surface area contributed by atoms with Crippen LogP contribution in [0.3, 0.4) is 0 Å². The van der Waals surface area contributed by atoms with Crippen molar-refractivity contribution in [3.05, 3.63) is 60.9 Å². The Kier molecular flexibility index (Phi) is 3.69. The number of aryl methyl sites for hydroxylation is 4. The maximum atomic E-state index is 4.59. The highest BCUT2D eigenvalue weighted by atomic mass is 15.1. The maximum absolute atomic E-state index is 4.59. The van der Waals surface area contributed by atoms with E-state index in [4.69, 9.17) is 0 Å². The molecule has 4 rings (SSSR count). The largest absolute Gasteiger partial charge is 0.347 e. The van der Waals surface area contributed by atoms with Gasteiger partial charge in [-0.15, -0.1) is 0 Å². The molecule has 4 aromatic rings. The van der Waals surface area contributed by atoms with Gasteiger partial charge in [0.25, 0.3) is 0 Å². The third-order valence-corrected chi connectivity index (χ3v) is 4.53. The van der Waals surface area contributed by atoms with E-state index >= 15 is 0 Å². The number of hydrogen-bond donors (Lipinski definition) is 0. The molecule has 0 atom stereocenters. The summed E-state index contributed by atoms with van der Waals surface area (Å²) in [5.41, 5.74) is 2.23. The van der Waals surface area contributed by atoms with Crippen molar-refractivity contribution < 1.29 is 0 Å². The van der Waals surface area contributed by atoms with Crippen LogP contribution in [0, 0.1) is 6.92 Å². The Balaban J connectivity index is 1.48. The van der Waals surface area contributed by atoms with Gasteiger partial charge >= 0.3 is 0 Å². The summed E-state index contributed by atoms with van der Waals surface area (Å²) in [7, 11) is 2.01. The standard InChI is InChI=1S/C19H21N5/c1-15-21-17(14-22(15)2)19-20-9-13-24(19)11-5-10-23-12-8-16-6-3-4-7-18(16)23/h3-4,6-9,12-14H,5,10-11H2,1-2H3. The van der Waals surface area contributed by atoms with E-state index in [2.05, 4.69) is 55.6 Å². The van der Waals surface area contributed by atoms with Gasteiger partial charge in [0.2, 0.25) is 0 Å². The maximum Gasteiger partial charge on any atom is 0.160 e. The van der Waals surface area contributed by atoms with Crippen LogP contribution in [0.2, 0.25) is 0 Å². The lowest BCUT2D eigenvalue weighted by atomic mass is 10.2. The van der Waals surface area contributed by atoms with Crippen LogP contribution in [0.1, 0.15) is 12.2 Å². The van der Waals surface area contributed by atoms with Crippen molar-refractivity contribution in [3.8, 4) is 11.5 Å². The first-order valence-electron chi connectivity index (χ1n) is 8.28. The molecule has 1 aromatic carbocycles. The summed E-state index contributed by atoms with van der Waals surface area (Å²) in [6.07, 6.45) is 9.14. The highest BCUT2D eigenvalue weighted by molar-refractivity contribution is 5.79. The summed E-state index contributed by atoms with van der Waals surface area (Å²) in [5.74, 6) is 1.94. The van der Waals surface area contributed by atoms with Gasteiger partial charge < -0.3 is 13.7 Å². The Morgan fingerprint density at radius 2 is 1.83 bits per heavy atom. The lowest BCUT2D eigenvalue weighted by molar-refractivity contribution is 0.576. The highest BCUT2D eigenvalue weighted by Gasteiger charge is 2.10. The zero-order chi connectivity index (χ0) is 16.5. The molecule has 122 valence electrons. The molecule has 0 radical (unpaired) electrons. The van der Waals surface area contributed by atoms with Gasteiger partial charge in [0.05, 0.1) is 0 Å². The summed E-state index contributed by atoms with van der Waals surface area (Å²) in [5, 5.41) is 1.30. The fourth-order valence-electron chi connectivity index (χ4n) is 3.14. The molecule has 0 N–H and O–H groups in total. The van der Waals surface area contributed by atoms with Gasteiger partial charge in [0, 0.05) is 50.4 Å². The molecular weight excluding hydrogens is 298 g/mol. The molecule has 0 saturated carbocycles. The Hall–Kier alpha value is -2.82. The van der Waals surface area contributed by atoms with Crippen molar-refractivity contribution >= 4 is 10.9 Å². The molecule has 3 heterocycles. The number of rotatable bonds is 5. The normalized spacial score (nSPS) is 11.4. The smallest absolute Gasteiger partial charge is 0.160 e. The first kappa shape index (κ1) is 14.8. The van der Waals surface area contributed by atoms with E-state index in [0.717, 1.165) is 36.9 Å². The number of para-hydroxylation sites is 1. The minimum atomic E-state index is 0.928. The van der Waals surface area contributed by atoms with Crippen LogP contribution in [-0.2, 0) is 20.1 Å². The van der Waals surface area contributed by atoms with Crippen LogP contribution in [0.5, 0.6) is 0 Å². The van der Waals surface area contributed by atoms with Crippen LogP contribution in [0.25, 0.3) is 22.4 Å². The van der Waals surface area contributed by atoms with Crippen molar-refractivity contribution in [2.45, 2.75) is 26.4 Å². The van der Waals surface area contributed by atoms with Crippen molar-refractivity contribution in [3.63, 3.8) is 0 Å². The van der Waals surface area contributed by atoms with E-state index in [-0.39, 0.29) is 0 Å². The molecule has 0 aliphatic heterocycles. The third-order valence-electron chi connectivity index (χ3n) is 4.53. The van der Waals surface area contributed by atoms with Crippen LogP contribution in [0.15, 0.2) is 55.1 Å². The van der Waals surface area contributed by atoms with Crippen LogP contribution in [0.4, 0.5) is 0 Å². The van der Waals surface area contributed by atoms with Gasteiger partial charge in [-0.3, -0.25) is 0 Å². The van der Waals surface area contributed by atoms with E-state index in [1.54, 1.807) is 0 Å². The number of nitrogens with zero attached hydrogens (tertiary/aromatic N) is 5. The predicted octanol–water partition coefficient (Wildman–Crippen LogP) is 3.64. The van der Waals surface area contributed by atoms with Crippen LogP contribution >= 0.6 is 0 Å². The van der Waals surface area contributed by atoms with E-state index in [9.17, 15) is 0 Å². The molecule has 0 bridgehead atoms. The molecular formula is C19H21N5. The predicted molar refractivity (Wildman–Crippen MR) is 95.7 cm³/mol. The summed E-state index contributed by atoms with van der Waals surface area (Å²) in [6.45, 7) is 3.93. The van der Waals surface area contributed by atoms with Gasteiger partial charge in [-0.05, 0) is 30.9 Å². The number of fused-ring (bicyclic) bond motifs is 1. The fraction of sp³-hybridized carbons (Fsp3) is 0.263. The van der Waals surface area contributed by atoms with Gasteiger partial charge in [-0.1, -0.05) is 18.2 Å². The van der Waals surface area contributed by atoms with Crippen molar-refractivity contribution in [1.82, 2.24) is 23.7 Å². The molecule has 0 aliphatic rings. The molecule has 5 nitrogen and oxygen atoms in total. The zero-order valence-electron chi connectivity index (χ0n) is 14.1. The Labute approximate surface area is 141 Å².